The van der Waals surface area contributed by atoms with Crippen molar-refractivity contribution in [2.75, 3.05) is 18.0 Å². The molecule has 1 aliphatic rings. The van der Waals surface area contributed by atoms with E-state index in [0.717, 1.165) is 12.0 Å². The molecule has 0 bridgehead atoms. The highest BCUT2D eigenvalue weighted by Crippen LogP contribution is 2.28. The minimum Gasteiger partial charge on any atom is -0.369 e. The molecule has 3 N–H and O–H groups in total. The van der Waals surface area contributed by atoms with Crippen molar-refractivity contribution in [2.45, 2.75) is 24.9 Å². The molecule has 1 saturated heterocycles. The molecule has 1 aromatic carbocycles. The predicted molar refractivity (Wildman–Crippen MR) is 103 cm³/mol. The fraction of sp³-hybridized carbons (Fsp3) is 0.333. The number of nitrogens with one attached hydrogen (secondary N) is 1. The number of nitriles is 1. The maximum absolute atomic E-state index is 11.8. The molecular formula is C18H19N5O3S. The number of nitro groups is 1. The number of carbonyl (C=O) groups is 1. The van der Waals surface area contributed by atoms with Gasteiger partial charge in [-0.1, -0.05) is 0 Å². The molecule has 140 valence electrons. The maximum atomic E-state index is 11.8. The Morgan fingerprint density at radius 3 is 2.96 bits per heavy atom. The molecule has 9 heteroatoms. The number of non-ortho nitro benzene ring substituents is 1. The van der Waals surface area contributed by atoms with Gasteiger partial charge in [-0.3, -0.25) is 14.9 Å². The molecule has 0 aliphatic carbocycles. The van der Waals surface area contributed by atoms with E-state index in [1.807, 2.05) is 27.8 Å². The van der Waals surface area contributed by atoms with Crippen LogP contribution in [-0.4, -0.2) is 36.0 Å². The lowest BCUT2D eigenvalue weighted by atomic mass is 10.1. The van der Waals surface area contributed by atoms with Gasteiger partial charge in [0.05, 0.1) is 22.2 Å². The molecule has 0 unspecified atom stereocenters. The average Bonchev–Trinajstić information content (AvgIpc) is 3.32. The number of nitrogens with zero attached hydrogens (tertiary/aromatic N) is 3. The first kappa shape index (κ1) is 18.8. The second kappa shape index (κ2) is 8.16. The number of primary amides is 1. The van der Waals surface area contributed by atoms with Crippen LogP contribution in [0, 0.1) is 21.4 Å². The third-order valence-corrected chi connectivity index (χ3v) is 5.37. The smallest absolute Gasteiger partial charge is 0.270 e. The normalized spacial score (nSPS) is 17.4. The van der Waals surface area contributed by atoms with Crippen molar-refractivity contribution >= 4 is 28.6 Å². The van der Waals surface area contributed by atoms with Gasteiger partial charge in [0.1, 0.15) is 6.07 Å². The van der Waals surface area contributed by atoms with Gasteiger partial charge in [-0.2, -0.15) is 16.6 Å². The van der Waals surface area contributed by atoms with Crippen molar-refractivity contribution in [3.05, 3.63) is 56.3 Å². The van der Waals surface area contributed by atoms with Crippen LogP contribution < -0.4 is 16.0 Å². The molecule has 1 aromatic heterocycles. The zero-order valence-corrected chi connectivity index (χ0v) is 15.3. The lowest BCUT2D eigenvalue weighted by Crippen LogP contribution is -2.48. The Morgan fingerprint density at radius 2 is 2.33 bits per heavy atom. The topological polar surface area (TPSA) is 125 Å². The maximum Gasteiger partial charge on any atom is 0.270 e. The van der Waals surface area contributed by atoms with Gasteiger partial charge in [-0.15, -0.1) is 0 Å². The Morgan fingerprint density at radius 1 is 1.52 bits per heavy atom. The van der Waals surface area contributed by atoms with Crippen molar-refractivity contribution in [3.63, 3.8) is 0 Å². The van der Waals surface area contributed by atoms with Crippen LogP contribution in [0.3, 0.4) is 0 Å². The van der Waals surface area contributed by atoms with Gasteiger partial charge in [-0.05, 0) is 41.3 Å². The number of hydrogen-bond acceptors (Lipinski definition) is 7. The molecule has 3 rings (SSSR count). The fourth-order valence-electron chi connectivity index (χ4n) is 3.29. The van der Waals surface area contributed by atoms with Crippen molar-refractivity contribution in [1.82, 2.24) is 5.32 Å². The van der Waals surface area contributed by atoms with Crippen LogP contribution in [0.15, 0.2) is 35.0 Å². The van der Waals surface area contributed by atoms with E-state index in [1.165, 1.54) is 12.1 Å². The predicted octanol–water partition coefficient (Wildman–Crippen LogP) is 1.79. The third-order valence-electron chi connectivity index (χ3n) is 4.64. The van der Waals surface area contributed by atoms with Gasteiger partial charge in [0, 0.05) is 31.3 Å². The minimum atomic E-state index is -0.513. The molecule has 0 radical (unpaired) electrons. The summed E-state index contributed by atoms with van der Waals surface area (Å²) >= 11 is 1.57. The number of anilines is 1. The van der Waals surface area contributed by atoms with E-state index >= 15 is 0 Å². The van der Waals surface area contributed by atoms with Crippen LogP contribution in [0.4, 0.5) is 11.4 Å². The SMILES string of the molecule is N#Cc1cc([N+](=O)[O-])ccc1N1CC[C@H](N[C@@H](Cc2ccsc2)C(N)=O)C1. The molecule has 2 aromatic rings. The summed E-state index contributed by atoms with van der Waals surface area (Å²) in [5.41, 5.74) is 7.45. The largest absolute Gasteiger partial charge is 0.369 e. The quantitative estimate of drug-likeness (QED) is 0.553. The lowest BCUT2D eigenvalue weighted by Gasteiger charge is -2.22. The highest BCUT2D eigenvalue weighted by molar-refractivity contribution is 7.07. The summed E-state index contributed by atoms with van der Waals surface area (Å²) in [7, 11) is 0. The van der Waals surface area contributed by atoms with Gasteiger partial charge < -0.3 is 16.0 Å². The van der Waals surface area contributed by atoms with E-state index in [0.29, 0.717) is 25.2 Å². The molecule has 2 atom stereocenters. The van der Waals surface area contributed by atoms with E-state index < -0.39 is 16.9 Å². The number of amides is 1. The molecule has 1 fully saturated rings. The summed E-state index contributed by atoms with van der Waals surface area (Å²) in [5.74, 6) is -0.396. The van der Waals surface area contributed by atoms with E-state index in [1.54, 1.807) is 17.4 Å². The molecule has 8 nitrogen and oxygen atoms in total. The number of hydrogen-bond donors (Lipinski definition) is 2. The van der Waals surface area contributed by atoms with Crippen LogP contribution in [0.2, 0.25) is 0 Å². The van der Waals surface area contributed by atoms with Crippen molar-refractivity contribution in [1.29, 1.82) is 5.26 Å². The number of nitro benzene ring substituents is 1. The van der Waals surface area contributed by atoms with Gasteiger partial charge in [0.25, 0.3) is 5.69 Å². The Labute approximate surface area is 160 Å². The molecule has 27 heavy (non-hydrogen) atoms. The lowest BCUT2D eigenvalue weighted by molar-refractivity contribution is -0.384. The van der Waals surface area contributed by atoms with E-state index in [2.05, 4.69) is 5.32 Å². The van der Waals surface area contributed by atoms with Crippen LogP contribution in [0.1, 0.15) is 17.5 Å². The summed E-state index contributed by atoms with van der Waals surface area (Å²) < 4.78 is 0. The van der Waals surface area contributed by atoms with Gasteiger partial charge in [0.2, 0.25) is 5.91 Å². The standard InChI is InChI=1S/C18H19N5O3S/c19-9-13-8-15(23(25)26)1-2-17(13)22-5-3-14(10-22)21-16(18(20)24)7-12-4-6-27-11-12/h1-2,4,6,8,11,14,16,21H,3,5,7,10H2,(H2,20,24)/t14-,16-/m0/s1. The summed E-state index contributed by atoms with van der Waals surface area (Å²) in [4.78, 5) is 24.2. The summed E-state index contributed by atoms with van der Waals surface area (Å²) in [6.45, 7) is 1.29. The number of benzene rings is 1. The van der Waals surface area contributed by atoms with Crippen molar-refractivity contribution in [2.24, 2.45) is 5.73 Å². The minimum absolute atomic E-state index is 0.0443. The Bertz CT molecular complexity index is 878. The molecule has 2 heterocycles. The van der Waals surface area contributed by atoms with Crippen LogP contribution in [0.25, 0.3) is 0 Å². The zero-order valence-electron chi connectivity index (χ0n) is 14.5. The fourth-order valence-corrected chi connectivity index (χ4v) is 3.97. The first-order chi connectivity index (χ1) is 13.0. The monoisotopic (exact) mass is 385 g/mol. The van der Waals surface area contributed by atoms with Gasteiger partial charge in [-0.25, -0.2) is 0 Å². The van der Waals surface area contributed by atoms with E-state index in [-0.39, 0.29) is 17.3 Å². The molecule has 0 saturated carbocycles. The van der Waals surface area contributed by atoms with Gasteiger partial charge >= 0.3 is 0 Å². The highest BCUT2D eigenvalue weighted by Gasteiger charge is 2.28. The Hall–Kier alpha value is -2.96. The average molecular weight is 385 g/mol. The third kappa shape index (κ3) is 4.42. The molecule has 0 spiro atoms. The van der Waals surface area contributed by atoms with E-state index in [4.69, 9.17) is 5.73 Å². The highest BCUT2D eigenvalue weighted by atomic mass is 32.1. The number of carbonyl (C=O) groups excluding carboxylic acids is 1. The molecular weight excluding hydrogens is 366 g/mol. The summed E-state index contributed by atoms with van der Waals surface area (Å²) in [5, 5.41) is 27.5. The van der Waals surface area contributed by atoms with Crippen molar-refractivity contribution in [3.8, 4) is 6.07 Å². The second-order valence-electron chi connectivity index (χ2n) is 6.46. The zero-order chi connectivity index (χ0) is 19.4. The van der Waals surface area contributed by atoms with Crippen LogP contribution >= 0.6 is 11.3 Å². The summed E-state index contributed by atoms with van der Waals surface area (Å²) in [6.07, 6.45) is 1.32. The first-order valence-electron chi connectivity index (χ1n) is 8.48. The Balaban J connectivity index is 1.68. The molecule has 1 aliphatic heterocycles. The van der Waals surface area contributed by atoms with Gasteiger partial charge in [0.15, 0.2) is 0 Å². The van der Waals surface area contributed by atoms with E-state index in [9.17, 15) is 20.2 Å². The number of nitrogens with two attached hydrogens (primary N) is 1. The van der Waals surface area contributed by atoms with Crippen LogP contribution in [-0.2, 0) is 11.2 Å². The van der Waals surface area contributed by atoms with Crippen molar-refractivity contribution < 1.29 is 9.72 Å². The number of rotatable bonds is 7. The summed E-state index contributed by atoms with van der Waals surface area (Å²) in [6, 6.07) is 7.89. The van der Waals surface area contributed by atoms with Crippen LogP contribution in [0.5, 0.6) is 0 Å². The second-order valence-corrected chi connectivity index (χ2v) is 7.24. The Kier molecular flexibility index (Phi) is 5.69. The first-order valence-corrected chi connectivity index (χ1v) is 9.42. The number of thiophene rings is 1. The molecule has 1 amide bonds.